The number of thioether (sulfide) groups is 1. The van der Waals surface area contributed by atoms with E-state index in [4.69, 9.17) is 4.74 Å². The first-order chi connectivity index (χ1) is 10.0. The van der Waals surface area contributed by atoms with Crippen LogP contribution in [-0.2, 0) is 14.3 Å². The number of esters is 1. The molecule has 1 saturated heterocycles. The van der Waals surface area contributed by atoms with Gasteiger partial charge in [0.15, 0.2) is 0 Å². The molecule has 1 fully saturated rings. The lowest BCUT2D eigenvalue weighted by Crippen LogP contribution is -2.41. The Labute approximate surface area is 137 Å². The van der Waals surface area contributed by atoms with Crippen molar-refractivity contribution in [2.24, 2.45) is 0 Å². The summed E-state index contributed by atoms with van der Waals surface area (Å²) in [5, 5.41) is 0. The quantitative estimate of drug-likeness (QED) is 0.602. The Hall–Kier alpha value is -1.01. The molecule has 0 spiro atoms. The molecule has 2 rings (SSSR count). The molecule has 1 heterocycles. The van der Waals surface area contributed by atoms with Crippen molar-refractivity contribution in [2.45, 2.75) is 30.7 Å². The first kappa shape index (κ1) is 16.4. The molecule has 21 heavy (non-hydrogen) atoms. The normalized spacial score (nSPS) is 17.9. The third-order valence-corrected chi connectivity index (χ3v) is 5.19. The summed E-state index contributed by atoms with van der Waals surface area (Å²) in [5.74, 6) is 0.0246. The van der Waals surface area contributed by atoms with Crippen LogP contribution >= 0.6 is 27.7 Å². The Morgan fingerprint density at radius 2 is 2.24 bits per heavy atom. The van der Waals surface area contributed by atoms with Crippen LogP contribution in [0.15, 0.2) is 27.6 Å². The maximum Gasteiger partial charge on any atom is 0.328 e. The second kappa shape index (κ2) is 7.31. The summed E-state index contributed by atoms with van der Waals surface area (Å²) in [6, 6.07) is 5.58. The van der Waals surface area contributed by atoms with Crippen molar-refractivity contribution in [2.75, 3.05) is 19.4 Å². The van der Waals surface area contributed by atoms with Gasteiger partial charge in [-0.1, -0.05) is 15.9 Å². The van der Waals surface area contributed by atoms with Crippen molar-refractivity contribution in [3.05, 3.63) is 28.2 Å². The van der Waals surface area contributed by atoms with Crippen molar-refractivity contribution >= 4 is 39.6 Å². The first-order valence-electron chi connectivity index (χ1n) is 6.79. The van der Waals surface area contributed by atoms with E-state index in [9.17, 15) is 9.59 Å². The van der Waals surface area contributed by atoms with E-state index in [1.165, 1.54) is 18.9 Å². The number of ether oxygens (including phenoxy) is 1. The fourth-order valence-electron chi connectivity index (χ4n) is 2.44. The Balaban J connectivity index is 1.96. The number of likely N-dealkylation sites (tertiary alicyclic amines) is 1. The topological polar surface area (TPSA) is 46.6 Å². The van der Waals surface area contributed by atoms with E-state index in [0.717, 1.165) is 21.4 Å². The highest BCUT2D eigenvalue weighted by molar-refractivity contribution is 9.10. The zero-order valence-corrected chi connectivity index (χ0v) is 14.5. The summed E-state index contributed by atoms with van der Waals surface area (Å²) in [4.78, 5) is 26.7. The predicted octanol–water partition coefficient (Wildman–Crippen LogP) is 3.01. The number of methoxy groups -OCH3 is 1. The SMILES string of the molecule is COC(=O)C1CCCN1C(=O)CSc1ccc(Br)cc1C. The Morgan fingerprint density at radius 3 is 2.90 bits per heavy atom. The van der Waals surface area contributed by atoms with Crippen LogP contribution in [0.25, 0.3) is 0 Å². The van der Waals surface area contributed by atoms with Crippen LogP contribution in [0.2, 0.25) is 0 Å². The average molecular weight is 372 g/mol. The molecular formula is C15H18BrNO3S. The first-order valence-corrected chi connectivity index (χ1v) is 8.57. The summed E-state index contributed by atoms with van der Waals surface area (Å²) < 4.78 is 5.79. The molecule has 1 aliphatic rings. The molecular weight excluding hydrogens is 354 g/mol. The van der Waals surface area contributed by atoms with E-state index >= 15 is 0 Å². The molecule has 1 aromatic rings. The van der Waals surface area contributed by atoms with Gasteiger partial charge in [-0.3, -0.25) is 4.79 Å². The smallest absolute Gasteiger partial charge is 0.328 e. The van der Waals surface area contributed by atoms with Gasteiger partial charge in [-0.2, -0.15) is 0 Å². The number of amides is 1. The van der Waals surface area contributed by atoms with Crippen molar-refractivity contribution in [3.8, 4) is 0 Å². The van der Waals surface area contributed by atoms with Gasteiger partial charge < -0.3 is 9.64 Å². The van der Waals surface area contributed by atoms with Gasteiger partial charge in [0.2, 0.25) is 5.91 Å². The van der Waals surface area contributed by atoms with E-state index in [0.29, 0.717) is 18.7 Å². The van der Waals surface area contributed by atoms with Gasteiger partial charge in [-0.05, 0) is 43.5 Å². The highest BCUT2D eigenvalue weighted by Gasteiger charge is 2.34. The standard InChI is InChI=1S/C15H18BrNO3S/c1-10-8-11(16)5-6-13(10)21-9-14(18)17-7-3-4-12(17)15(19)20-2/h5-6,8,12H,3-4,7,9H2,1-2H3. The maximum absolute atomic E-state index is 12.3. The van der Waals surface area contributed by atoms with Crippen LogP contribution in [0.3, 0.4) is 0 Å². The maximum atomic E-state index is 12.3. The third kappa shape index (κ3) is 4.01. The molecule has 0 aliphatic carbocycles. The Kier molecular flexibility index (Phi) is 5.70. The average Bonchev–Trinajstić information content (AvgIpc) is 2.94. The molecule has 1 aromatic carbocycles. The molecule has 6 heteroatoms. The van der Waals surface area contributed by atoms with Crippen molar-refractivity contribution in [1.82, 2.24) is 4.90 Å². The Bertz CT molecular complexity index is 550. The number of carbonyl (C=O) groups excluding carboxylic acids is 2. The highest BCUT2D eigenvalue weighted by Crippen LogP contribution is 2.27. The second-order valence-electron chi connectivity index (χ2n) is 4.97. The molecule has 1 atom stereocenters. The lowest BCUT2D eigenvalue weighted by atomic mass is 10.2. The Morgan fingerprint density at radius 1 is 1.48 bits per heavy atom. The van der Waals surface area contributed by atoms with Gasteiger partial charge in [-0.15, -0.1) is 11.8 Å². The lowest BCUT2D eigenvalue weighted by Gasteiger charge is -2.22. The van der Waals surface area contributed by atoms with E-state index < -0.39 is 6.04 Å². The third-order valence-electron chi connectivity index (χ3n) is 3.53. The van der Waals surface area contributed by atoms with Gasteiger partial charge in [0, 0.05) is 15.9 Å². The minimum absolute atomic E-state index is 0.00443. The van der Waals surface area contributed by atoms with Gasteiger partial charge in [-0.25, -0.2) is 4.79 Å². The fraction of sp³-hybridized carbons (Fsp3) is 0.467. The minimum atomic E-state index is -0.408. The summed E-state index contributed by atoms with van der Waals surface area (Å²) in [6.07, 6.45) is 1.55. The summed E-state index contributed by atoms with van der Waals surface area (Å²) in [7, 11) is 1.36. The van der Waals surface area contributed by atoms with E-state index in [1.807, 2.05) is 25.1 Å². The highest BCUT2D eigenvalue weighted by atomic mass is 79.9. The van der Waals surface area contributed by atoms with Gasteiger partial charge in [0.25, 0.3) is 0 Å². The van der Waals surface area contributed by atoms with Crippen LogP contribution in [-0.4, -0.2) is 42.2 Å². The second-order valence-corrected chi connectivity index (χ2v) is 6.90. The lowest BCUT2D eigenvalue weighted by molar-refractivity contribution is -0.150. The number of rotatable bonds is 4. The molecule has 4 nitrogen and oxygen atoms in total. The molecule has 0 aromatic heterocycles. The monoisotopic (exact) mass is 371 g/mol. The molecule has 1 aliphatic heterocycles. The number of carbonyl (C=O) groups is 2. The zero-order chi connectivity index (χ0) is 15.4. The van der Waals surface area contributed by atoms with E-state index in [1.54, 1.807) is 4.90 Å². The largest absolute Gasteiger partial charge is 0.467 e. The van der Waals surface area contributed by atoms with Crippen LogP contribution < -0.4 is 0 Å². The molecule has 1 amide bonds. The van der Waals surface area contributed by atoms with Crippen molar-refractivity contribution in [3.63, 3.8) is 0 Å². The molecule has 1 unspecified atom stereocenters. The van der Waals surface area contributed by atoms with Crippen molar-refractivity contribution in [1.29, 1.82) is 0 Å². The van der Waals surface area contributed by atoms with Crippen LogP contribution in [0.1, 0.15) is 18.4 Å². The van der Waals surface area contributed by atoms with Crippen LogP contribution in [0, 0.1) is 6.92 Å². The van der Waals surface area contributed by atoms with Gasteiger partial charge >= 0.3 is 5.97 Å². The summed E-state index contributed by atoms with van der Waals surface area (Å²) in [6.45, 7) is 2.66. The van der Waals surface area contributed by atoms with Gasteiger partial charge in [0.1, 0.15) is 6.04 Å². The molecule has 0 radical (unpaired) electrons. The summed E-state index contributed by atoms with van der Waals surface area (Å²) >= 11 is 4.93. The van der Waals surface area contributed by atoms with E-state index in [2.05, 4.69) is 15.9 Å². The number of aryl methyl sites for hydroxylation is 1. The number of hydrogen-bond acceptors (Lipinski definition) is 4. The minimum Gasteiger partial charge on any atom is -0.467 e. The molecule has 0 bridgehead atoms. The fourth-order valence-corrected chi connectivity index (χ4v) is 3.81. The summed E-state index contributed by atoms with van der Waals surface area (Å²) in [5.41, 5.74) is 1.13. The number of benzene rings is 1. The van der Waals surface area contributed by atoms with E-state index in [-0.39, 0.29) is 11.9 Å². The number of nitrogens with zero attached hydrogens (tertiary/aromatic N) is 1. The number of halogens is 1. The van der Waals surface area contributed by atoms with Crippen LogP contribution in [0.4, 0.5) is 0 Å². The predicted molar refractivity (Wildman–Crippen MR) is 86.4 cm³/mol. The molecule has 0 saturated carbocycles. The number of hydrogen-bond donors (Lipinski definition) is 0. The van der Waals surface area contributed by atoms with Crippen molar-refractivity contribution < 1.29 is 14.3 Å². The molecule has 114 valence electrons. The van der Waals surface area contributed by atoms with Crippen LogP contribution in [0.5, 0.6) is 0 Å². The molecule has 0 N–H and O–H groups in total. The zero-order valence-electron chi connectivity index (χ0n) is 12.1. The van der Waals surface area contributed by atoms with Gasteiger partial charge in [0.05, 0.1) is 12.9 Å².